The maximum atomic E-state index is 12.5. The van der Waals surface area contributed by atoms with Gasteiger partial charge in [0.05, 0.1) is 0 Å². The molecule has 0 aliphatic heterocycles. The Morgan fingerprint density at radius 3 is 2.74 bits per heavy atom. The zero-order chi connectivity index (χ0) is 19.4. The van der Waals surface area contributed by atoms with Crippen LogP contribution in [0.2, 0.25) is 0 Å². The molecule has 7 nitrogen and oxygen atoms in total. The number of rotatable bonds is 5. The molecule has 1 aromatic carbocycles. The summed E-state index contributed by atoms with van der Waals surface area (Å²) in [5.41, 5.74) is 2.56. The highest BCUT2D eigenvalue weighted by atomic mass is 16.2. The molecule has 0 aliphatic carbocycles. The van der Waals surface area contributed by atoms with Crippen molar-refractivity contribution in [2.75, 3.05) is 13.6 Å². The topological polar surface area (TPSA) is 92.6 Å². The van der Waals surface area contributed by atoms with E-state index in [4.69, 9.17) is 0 Å². The number of fused-ring (bicyclic) bond motifs is 1. The van der Waals surface area contributed by atoms with Crippen molar-refractivity contribution in [3.8, 4) is 0 Å². The van der Waals surface area contributed by atoms with E-state index in [0.29, 0.717) is 24.2 Å². The Morgan fingerprint density at radius 2 is 1.96 bits per heavy atom. The molecule has 138 valence electrons. The van der Waals surface area contributed by atoms with Crippen LogP contribution < -0.4 is 16.2 Å². The summed E-state index contributed by atoms with van der Waals surface area (Å²) in [5.74, 6) is -0.628. The normalized spacial score (nSPS) is 10.6. The molecule has 2 heterocycles. The molecule has 2 N–H and O–H groups in total. The van der Waals surface area contributed by atoms with Crippen molar-refractivity contribution in [2.45, 2.75) is 13.3 Å². The van der Waals surface area contributed by atoms with Gasteiger partial charge in [0.1, 0.15) is 11.2 Å². The Bertz CT molecular complexity index is 1070. The first kappa shape index (κ1) is 18.3. The number of hydrogen-bond donors (Lipinski definition) is 2. The van der Waals surface area contributed by atoms with E-state index in [9.17, 15) is 14.4 Å². The molecule has 0 radical (unpaired) electrons. The highest BCUT2D eigenvalue weighted by Gasteiger charge is 2.13. The third-order valence-corrected chi connectivity index (χ3v) is 4.23. The molecule has 0 saturated heterocycles. The molecule has 2 aromatic heterocycles. The summed E-state index contributed by atoms with van der Waals surface area (Å²) in [6.45, 7) is 2.25. The van der Waals surface area contributed by atoms with Gasteiger partial charge in [0.15, 0.2) is 0 Å². The summed E-state index contributed by atoms with van der Waals surface area (Å²) in [5, 5.41) is 5.31. The van der Waals surface area contributed by atoms with Crippen molar-refractivity contribution in [3.05, 3.63) is 81.4 Å². The Balaban J connectivity index is 1.69. The molecule has 0 spiro atoms. The zero-order valence-corrected chi connectivity index (χ0v) is 15.2. The highest BCUT2D eigenvalue weighted by molar-refractivity contribution is 5.94. The number of nitrogens with zero attached hydrogens (tertiary/aromatic N) is 2. The van der Waals surface area contributed by atoms with Gasteiger partial charge in [-0.25, -0.2) is 4.98 Å². The number of nitrogens with one attached hydrogen (secondary N) is 2. The number of aromatic nitrogens is 2. The first-order valence-electron chi connectivity index (χ1n) is 8.57. The third kappa shape index (κ3) is 4.03. The van der Waals surface area contributed by atoms with Crippen LogP contribution in [0.3, 0.4) is 0 Å². The summed E-state index contributed by atoms with van der Waals surface area (Å²) in [6, 6.07) is 10.8. The van der Waals surface area contributed by atoms with E-state index in [0.717, 1.165) is 11.1 Å². The fourth-order valence-corrected chi connectivity index (χ4v) is 2.76. The molecule has 3 aromatic rings. The van der Waals surface area contributed by atoms with Crippen LogP contribution in [0, 0.1) is 6.92 Å². The Morgan fingerprint density at radius 1 is 1.15 bits per heavy atom. The van der Waals surface area contributed by atoms with Crippen LogP contribution in [0.5, 0.6) is 0 Å². The predicted octanol–water partition coefficient (Wildman–Crippen LogP) is 1.34. The Kier molecular flexibility index (Phi) is 5.30. The average molecular weight is 364 g/mol. The summed E-state index contributed by atoms with van der Waals surface area (Å²) in [7, 11) is 1.58. The number of carbonyl (C=O) groups is 2. The van der Waals surface area contributed by atoms with Gasteiger partial charge in [-0.05, 0) is 48.7 Å². The minimum absolute atomic E-state index is 0.00420. The molecular weight excluding hydrogens is 344 g/mol. The molecular formula is C20H20N4O3. The number of carbonyl (C=O) groups excluding carboxylic acids is 2. The number of amides is 2. The number of hydrogen-bond acceptors (Lipinski definition) is 4. The SMILES string of the molecule is CNC(=O)c1cccc(CCNC(=O)c2cnc3cc(C)ccn3c2=O)c1. The summed E-state index contributed by atoms with van der Waals surface area (Å²) in [4.78, 5) is 40.7. The second-order valence-corrected chi connectivity index (χ2v) is 6.19. The maximum Gasteiger partial charge on any atom is 0.270 e. The van der Waals surface area contributed by atoms with Gasteiger partial charge in [0.2, 0.25) is 0 Å². The van der Waals surface area contributed by atoms with E-state index < -0.39 is 11.5 Å². The molecule has 2 amide bonds. The van der Waals surface area contributed by atoms with Gasteiger partial charge < -0.3 is 10.6 Å². The summed E-state index contributed by atoms with van der Waals surface area (Å²) < 4.78 is 1.36. The fraction of sp³-hybridized carbons (Fsp3) is 0.200. The van der Waals surface area contributed by atoms with Crippen LogP contribution in [-0.4, -0.2) is 34.8 Å². The lowest BCUT2D eigenvalue weighted by Gasteiger charge is -2.08. The van der Waals surface area contributed by atoms with E-state index in [1.807, 2.05) is 13.0 Å². The van der Waals surface area contributed by atoms with Crippen LogP contribution in [-0.2, 0) is 6.42 Å². The van der Waals surface area contributed by atoms with E-state index in [1.165, 1.54) is 10.6 Å². The van der Waals surface area contributed by atoms with Crippen LogP contribution in [0.1, 0.15) is 31.8 Å². The zero-order valence-electron chi connectivity index (χ0n) is 15.2. The molecule has 27 heavy (non-hydrogen) atoms. The number of pyridine rings is 1. The number of benzene rings is 1. The highest BCUT2D eigenvalue weighted by Crippen LogP contribution is 2.06. The third-order valence-electron chi connectivity index (χ3n) is 4.23. The van der Waals surface area contributed by atoms with Gasteiger partial charge >= 0.3 is 0 Å². The van der Waals surface area contributed by atoms with Crippen LogP contribution >= 0.6 is 0 Å². The van der Waals surface area contributed by atoms with Gasteiger partial charge in [-0.3, -0.25) is 18.8 Å². The van der Waals surface area contributed by atoms with Crippen molar-refractivity contribution >= 4 is 17.5 Å². The van der Waals surface area contributed by atoms with Gasteiger partial charge in [-0.1, -0.05) is 12.1 Å². The molecule has 0 fully saturated rings. The first-order valence-corrected chi connectivity index (χ1v) is 8.57. The minimum Gasteiger partial charge on any atom is -0.355 e. The van der Waals surface area contributed by atoms with Crippen molar-refractivity contribution < 1.29 is 9.59 Å². The lowest BCUT2D eigenvalue weighted by atomic mass is 10.1. The van der Waals surface area contributed by atoms with E-state index in [-0.39, 0.29) is 11.5 Å². The van der Waals surface area contributed by atoms with Crippen molar-refractivity contribution in [1.29, 1.82) is 0 Å². The second-order valence-electron chi connectivity index (χ2n) is 6.19. The number of aryl methyl sites for hydroxylation is 1. The van der Waals surface area contributed by atoms with Crippen molar-refractivity contribution in [3.63, 3.8) is 0 Å². The molecule has 0 saturated carbocycles. The van der Waals surface area contributed by atoms with E-state index >= 15 is 0 Å². The Labute approximate surface area is 156 Å². The predicted molar refractivity (Wildman–Crippen MR) is 102 cm³/mol. The van der Waals surface area contributed by atoms with E-state index in [1.54, 1.807) is 43.6 Å². The summed E-state index contributed by atoms with van der Waals surface area (Å²) >= 11 is 0. The first-order chi connectivity index (χ1) is 13.0. The van der Waals surface area contributed by atoms with Crippen LogP contribution in [0.4, 0.5) is 0 Å². The van der Waals surface area contributed by atoms with Crippen LogP contribution in [0.25, 0.3) is 5.65 Å². The van der Waals surface area contributed by atoms with Gasteiger partial charge in [0.25, 0.3) is 17.4 Å². The maximum absolute atomic E-state index is 12.5. The summed E-state index contributed by atoms with van der Waals surface area (Å²) in [6.07, 6.45) is 3.46. The van der Waals surface area contributed by atoms with Crippen LogP contribution in [0.15, 0.2) is 53.6 Å². The molecule has 0 unspecified atom stereocenters. The van der Waals surface area contributed by atoms with Crippen molar-refractivity contribution in [2.24, 2.45) is 0 Å². The quantitative estimate of drug-likeness (QED) is 0.714. The largest absolute Gasteiger partial charge is 0.355 e. The van der Waals surface area contributed by atoms with Gasteiger partial charge in [-0.15, -0.1) is 0 Å². The molecule has 0 aliphatic rings. The second kappa shape index (κ2) is 7.82. The molecule has 7 heteroatoms. The average Bonchev–Trinajstić information content (AvgIpc) is 2.67. The Hall–Kier alpha value is -3.48. The van der Waals surface area contributed by atoms with Gasteiger partial charge in [0, 0.05) is 31.5 Å². The molecule has 0 atom stereocenters. The lowest BCUT2D eigenvalue weighted by molar-refractivity contribution is 0.0947. The minimum atomic E-state index is -0.468. The lowest BCUT2D eigenvalue weighted by Crippen LogP contribution is -2.32. The fourth-order valence-electron chi connectivity index (χ4n) is 2.76. The standard InChI is InChI=1S/C20H20N4O3/c1-13-7-9-24-17(10-13)23-12-16(20(24)27)19(26)22-8-6-14-4-3-5-15(11-14)18(25)21-2/h3-5,7,9-12H,6,8H2,1-2H3,(H,21,25)(H,22,26). The van der Waals surface area contributed by atoms with Gasteiger partial charge in [-0.2, -0.15) is 0 Å². The molecule has 0 bridgehead atoms. The smallest absolute Gasteiger partial charge is 0.270 e. The monoisotopic (exact) mass is 364 g/mol. The van der Waals surface area contributed by atoms with E-state index in [2.05, 4.69) is 15.6 Å². The molecule has 3 rings (SSSR count). The van der Waals surface area contributed by atoms with Crippen molar-refractivity contribution in [1.82, 2.24) is 20.0 Å².